The molecule has 1 saturated heterocycles. The van der Waals surface area contributed by atoms with E-state index in [1.54, 1.807) is 10.6 Å². The van der Waals surface area contributed by atoms with Crippen LogP contribution in [0.5, 0.6) is 0 Å². The molecular formula is C22H21ClFN7O2. The highest BCUT2D eigenvalue weighted by Gasteiger charge is 2.21. The van der Waals surface area contributed by atoms with E-state index in [2.05, 4.69) is 25.3 Å². The molecule has 0 unspecified atom stereocenters. The highest BCUT2D eigenvalue weighted by molar-refractivity contribution is 6.29. The van der Waals surface area contributed by atoms with Gasteiger partial charge in [-0.05, 0) is 29.8 Å². The van der Waals surface area contributed by atoms with E-state index in [0.29, 0.717) is 36.4 Å². The average Bonchev–Trinajstić information content (AvgIpc) is 3.21. The molecule has 1 aliphatic heterocycles. The molecule has 2 N–H and O–H groups in total. The summed E-state index contributed by atoms with van der Waals surface area (Å²) < 4.78 is 16.0. The lowest BCUT2D eigenvalue weighted by Crippen LogP contribution is -2.46. The van der Waals surface area contributed by atoms with Crippen LogP contribution >= 0.6 is 11.6 Å². The third-order valence-electron chi connectivity index (χ3n) is 5.86. The number of nitrogens with one attached hydrogen (secondary N) is 2. The molecular weight excluding hydrogens is 449 g/mol. The van der Waals surface area contributed by atoms with Crippen molar-refractivity contribution in [2.75, 3.05) is 38.1 Å². The largest absolute Gasteiger partial charge is 0.365 e. The molecule has 4 heterocycles. The van der Waals surface area contributed by atoms with Crippen molar-refractivity contribution in [3.8, 4) is 0 Å². The van der Waals surface area contributed by atoms with E-state index in [4.69, 9.17) is 11.6 Å². The fourth-order valence-corrected chi connectivity index (χ4v) is 4.35. The van der Waals surface area contributed by atoms with Crippen LogP contribution in [-0.2, 0) is 6.54 Å². The van der Waals surface area contributed by atoms with Gasteiger partial charge in [-0.1, -0.05) is 17.7 Å². The summed E-state index contributed by atoms with van der Waals surface area (Å²) in [7, 11) is 1.48. The first kappa shape index (κ1) is 21.4. The van der Waals surface area contributed by atoms with E-state index in [-0.39, 0.29) is 16.4 Å². The smallest absolute Gasteiger partial charge is 0.274 e. The van der Waals surface area contributed by atoms with E-state index < -0.39 is 11.9 Å². The number of fused-ring (bicyclic) bond motifs is 3. The Morgan fingerprint density at radius 2 is 1.94 bits per heavy atom. The minimum atomic E-state index is -0.645. The summed E-state index contributed by atoms with van der Waals surface area (Å²) in [5.41, 5.74) is 3.12. The van der Waals surface area contributed by atoms with Gasteiger partial charge < -0.3 is 15.2 Å². The predicted octanol–water partition coefficient (Wildman–Crippen LogP) is 2.05. The van der Waals surface area contributed by atoms with Crippen LogP contribution < -0.4 is 15.8 Å². The summed E-state index contributed by atoms with van der Waals surface area (Å²) >= 11 is 5.97. The van der Waals surface area contributed by atoms with Gasteiger partial charge in [0.1, 0.15) is 11.2 Å². The number of carbonyl (C=O) groups excluding carboxylic acids is 1. The molecule has 1 aliphatic rings. The van der Waals surface area contributed by atoms with Crippen LogP contribution in [0.15, 0.2) is 41.2 Å². The van der Waals surface area contributed by atoms with Gasteiger partial charge in [0.2, 0.25) is 5.95 Å². The Labute approximate surface area is 192 Å². The Kier molecular flexibility index (Phi) is 5.47. The highest BCUT2D eigenvalue weighted by Crippen LogP contribution is 2.22. The number of H-pyrrole nitrogens is 1. The molecule has 11 heteroatoms. The highest BCUT2D eigenvalue weighted by atomic mass is 35.5. The van der Waals surface area contributed by atoms with Gasteiger partial charge in [0.25, 0.3) is 11.5 Å². The van der Waals surface area contributed by atoms with Crippen molar-refractivity contribution in [1.29, 1.82) is 0 Å². The first-order valence-electron chi connectivity index (χ1n) is 10.5. The van der Waals surface area contributed by atoms with Gasteiger partial charge in [0.15, 0.2) is 5.15 Å². The van der Waals surface area contributed by atoms with Crippen molar-refractivity contribution < 1.29 is 9.18 Å². The van der Waals surface area contributed by atoms with Gasteiger partial charge in [-0.2, -0.15) is 9.49 Å². The van der Waals surface area contributed by atoms with Gasteiger partial charge in [0, 0.05) is 45.8 Å². The molecule has 1 amide bonds. The second kappa shape index (κ2) is 8.45. The second-order valence-corrected chi connectivity index (χ2v) is 8.31. The zero-order valence-corrected chi connectivity index (χ0v) is 18.6. The van der Waals surface area contributed by atoms with Crippen molar-refractivity contribution >= 4 is 39.7 Å². The van der Waals surface area contributed by atoms with Crippen LogP contribution in [0.25, 0.3) is 16.6 Å². The van der Waals surface area contributed by atoms with Crippen LogP contribution in [-0.4, -0.2) is 63.6 Å². The van der Waals surface area contributed by atoms with Gasteiger partial charge in [0.05, 0.1) is 16.7 Å². The Balaban J connectivity index is 1.29. The van der Waals surface area contributed by atoms with E-state index in [1.165, 1.54) is 19.2 Å². The van der Waals surface area contributed by atoms with Gasteiger partial charge in [-0.15, -0.1) is 0 Å². The number of pyridine rings is 1. The van der Waals surface area contributed by atoms with Crippen LogP contribution in [0.1, 0.15) is 16.1 Å². The van der Waals surface area contributed by atoms with Crippen molar-refractivity contribution in [1.82, 2.24) is 29.8 Å². The van der Waals surface area contributed by atoms with E-state index >= 15 is 0 Å². The first-order valence-corrected chi connectivity index (χ1v) is 10.9. The van der Waals surface area contributed by atoms with Crippen molar-refractivity contribution in [2.24, 2.45) is 0 Å². The van der Waals surface area contributed by atoms with Gasteiger partial charge in [-0.25, -0.2) is 9.50 Å². The zero-order chi connectivity index (χ0) is 23.1. The van der Waals surface area contributed by atoms with E-state index in [9.17, 15) is 14.0 Å². The topological polar surface area (TPSA) is 98.6 Å². The number of benzene rings is 1. The Morgan fingerprint density at radius 1 is 1.15 bits per heavy atom. The molecule has 1 aromatic carbocycles. The molecule has 0 bridgehead atoms. The molecule has 33 heavy (non-hydrogen) atoms. The number of amides is 1. The van der Waals surface area contributed by atoms with Crippen molar-refractivity contribution in [2.45, 2.75) is 6.54 Å². The molecule has 4 aromatic rings. The van der Waals surface area contributed by atoms with Crippen molar-refractivity contribution in [3.05, 3.63) is 69.1 Å². The summed E-state index contributed by atoms with van der Waals surface area (Å²) in [5, 5.41) is 6.91. The van der Waals surface area contributed by atoms with Gasteiger partial charge >= 0.3 is 0 Å². The number of nitrogens with zero attached hydrogens (tertiary/aromatic N) is 5. The van der Waals surface area contributed by atoms with E-state index in [1.807, 2.05) is 23.1 Å². The lowest BCUT2D eigenvalue weighted by Gasteiger charge is -2.36. The normalized spacial score (nSPS) is 14.8. The number of aromatic nitrogens is 4. The molecule has 0 saturated carbocycles. The third-order valence-corrected chi connectivity index (χ3v) is 6.04. The minimum absolute atomic E-state index is 0.0568. The summed E-state index contributed by atoms with van der Waals surface area (Å²) in [4.78, 5) is 34.9. The van der Waals surface area contributed by atoms with Crippen LogP contribution in [0, 0.1) is 5.95 Å². The average molecular weight is 470 g/mol. The molecule has 0 aliphatic carbocycles. The summed E-state index contributed by atoms with van der Waals surface area (Å²) in [6.45, 7) is 3.43. The number of hydrogen-bond donors (Lipinski definition) is 2. The Hall–Kier alpha value is -3.50. The number of halogens is 2. The number of rotatable bonds is 4. The lowest BCUT2D eigenvalue weighted by molar-refractivity contribution is 0.0957. The maximum atomic E-state index is 14.5. The summed E-state index contributed by atoms with van der Waals surface area (Å²) in [6.07, 6.45) is 0. The number of anilines is 1. The maximum Gasteiger partial charge on any atom is 0.274 e. The van der Waals surface area contributed by atoms with Gasteiger partial charge in [-0.3, -0.25) is 14.5 Å². The van der Waals surface area contributed by atoms with Crippen LogP contribution in [0.3, 0.4) is 0 Å². The number of piperazine rings is 1. The first-order chi connectivity index (χ1) is 15.9. The predicted molar refractivity (Wildman–Crippen MR) is 123 cm³/mol. The number of hydrogen-bond acceptors (Lipinski definition) is 6. The van der Waals surface area contributed by atoms with Crippen LogP contribution in [0.4, 0.5) is 10.1 Å². The molecule has 3 aromatic heterocycles. The van der Waals surface area contributed by atoms with Crippen molar-refractivity contribution in [3.63, 3.8) is 0 Å². The standard InChI is InChI=1S/C22H21ClFN7O2/c1-25-21(32)14-3-5-17(20(24)26-14)30-8-6-29(7-9-30)12-13-2-4-16-15(10-13)27-22(33)18-11-19(23)28-31(16)18/h2-5,10-11H,6-9,12H2,1H3,(H,25,32)(H,27,33). The quantitative estimate of drug-likeness (QED) is 0.444. The van der Waals surface area contributed by atoms with Crippen LogP contribution in [0.2, 0.25) is 5.15 Å². The Morgan fingerprint density at radius 3 is 2.67 bits per heavy atom. The molecule has 1 fully saturated rings. The molecule has 170 valence electrons. The summed E-state index contributed by atoms with van der Waals surface area (Å²) in [5.74, 6) is -1.06. The fourth-order valence-electron chi connectivity index (χ4n) is 4.17. The monoisotopic (exact) mass is 469 g/mol. The molecule has 0 atom stereocenters. The Bertz CT molecular complexity index is 1430. The third kappa shape index (κ3) is 4.03. The maximum absolute atomic E-state index is 14.5. The lowest BCUT2D eigenvalue weighted by atomic mass is 10.1. The number of aromatic amines is 1. The molecule has 0 spiro atoms. The fraction of sp³-hybridized carbons (Fsp3) is 0.273. The molecule has 9 nitrogen and oxygen atoms in total. The molecule has 5 rings (SSSR count). The number of carbonyl (C=O) groups is 1. The molecule has 0 radical (unpaired) electrons. The minimum Gasteiger partial charge on any atom is -0.365 e. The second-order valence-electron chi connectivity index (χ2n) is 7.92. The van der Waals surface area contributed by atoms with E-state index in [0.717, 1.165) is 24.2 Å². The SMILES string of the molecule is CNC(=O)c1ccc(N2CCN(Cc3ccc4c(c3)[nH]c(=O)c3cc(Cl)nn34)CC2)c(F)n1. The zero-order valence-electron chi connectivity index (χ0n) is 17.8. The summed E-state index contributed by atoms with van der Waals surface area (Å²) in [6, 6.07) is 10.5.